The first-order chi connectivity index (χ1) is 10.2. The van der Waals surface area contributed by atoms with Crippen molar-refractivity contribution in [3.05, 3.63) is 41.9 Å². The van der Waals surface area contributed by atoms with Gasteiger partial charge in [-0.3, -0.25) is 0 Å². The van der Waals surface area contributed by atoms with Crippen molar-refractivity contribution in [3.63, 3.8) is 0 Å². The minimum atomic E-state index is 0.675. The molecule has 0 saturated carbocycles. The highest BCUT2D eigenvalue weighted by molar-refractivity contribution is 5.90. The average molecular weight is 278 g/mol. The molecular weight excluding hydrogens is 264 g/mol. The van der Waals surface area contributed by atoms with E-state index in [4.69, 9.17) is 0 Å². The van der Waals surface area contributed by atoms with Crippen LogP contribution in [0.5, 0.6) is 0 Å². The van der Waals surface area contributed by atoms with Crippen molar-refractivity contribution in [1.29, 1.82) is 0 Å². The summed E-state index contributed by atoms with van der Waals surface area (Å²) in [5, 5.41) is 4.21. The normalized spacial score (nSPS) is 11.3. The first-order valence-electron chi connectivity index (χ1n) is 6.75. The van der Waals surface area contributed by atoms with E-state index in [0.717, 1.165) is 33.6 Å². The lowest BCUT2D eigenvalue weighted by Gasteiger charge is -2.04. The molecule has 4 rings (SSSR count). The number of imidazole rings is 1. The van der Waals surface area contributed by atoms with E-state index in [0.29, 0.717) is 11.8 Å². The Morgan fingerprint density at radius 3 is 2.71 bits per heavy atom. The van der Waals surface area contributed by atoms with Crippen LogP contribution in [0, 0.1) is 13.8 Å². The molecule has 0 aliphatic heterocycles. The van der Waals surface area contributed by atoms with E-state index < -0.39 is 0 Å². The second-order valence-corrected chi connectivity index (χ2v) is 5.06. The standard InChI is InChI=1S/C15H14N6/c1-8-7-10-13(16-8)17-9(2)18-14(10)21-15-19-11-5-3-4-6-12(11)20-15/h3-7H,1-2H3,(H3,16,17,18,19,20,21). The average Bonchev–Trinajstić information content (AvgIpc) is 3.00. The van der Waals surface area contributed by atoms with Gasteiger partial charge in [-0.15, -0.1) is 0 Å². The largest absolute Gasteiger partial charge is 0.343 e. The summed E-state index contributed by atoms with van der Waals surface area (Å²) in [5.74, 6) is 2.14. The smallest absolute Gasteiger partial charge is 0.206 e. The highest BCUT2D eigenvalue weighted by Gasteiger charge is 2.10. The zero-order valence-corrected chi connectivity index (χ0v) is 11.7. The van der Waals surface area contributed by atoms with Crippen LogP contribution < -0.4 is 5.32 Å². The quantitative estimate of drug-likeness (QED) is 0.526. The molecule has 0 radical (unpaired) electrons. The van der Waals surface area contributed by atoms with Crippen LogP contribution >= 0.6 is 0 Å². The van der Waals surface area contributed by atoms with Gasteiger partial charge in [0.25, 0.3) is 0 Å². The van der Waals surface area contributed by atoms with Crippen LogP contribution in [0.1, 0.15) is 11.5 Å². The first kappa shape index (κ1) is 11.9. The molecule has 6 nitrogen and oxygen atoms in total. The summed E-state index contributed by atoms with van der Waals surface area (Å²) in [5.41, 5.74) is 3.80. The predicted octanol–water partition coefficient (Wildman–Crippen LogP) is 3.19. The summed E-state index contributed by atoms with van der Waals surface area (Å²) in [6.07, 6.45) is 0. The van der Waals surface area contributed by atoms with Gasteiger partial charge in [0.05, 0.1) is 16.4 Å². The number of H-pyrrole nitrogens is 2. The van der Waals surface area contributed by atoms with Crippen LogP contribution in [0.15, 0.2) is 30.3 Å². The van der Waals surface area contributed by atoms with Crippen LogP contribution in [-0.2, 0) is 0 Å². The summed E-state index contributed by atoms with van der Waals surface area (Å²) in [4.78, 5) is 19.9. The van der Waals surface area contributed by atoms with E-state index in [9.17, 15) is 0 Å². The fourth-order valence-electron chi connectivity index (χ4n) is 2.47. The van der Waals surface area contributed by atoms with Crippen molar-refractivity contribution < 1.29 is 0 Å². The summed E-state index contributed by atoms with van der Waals surface area (Å²) in [6.45, 7) is 3.88. The highest BCUT2D eigenvalue weighted by atomic mass is 15.2. The third-order valence-electron chi connectivity index (χ3n) is 3.36. The maximum absolute atomic E-state index is 4.51. The maximum Gasteiger partial charge on any atom is 0.206 e. The van der Waals surface area contributed by atoms with Crippen LogP contribution in [-0.4, -0.2) is 24.9 Å². The lowest BCUT2D eigenvalue weighted by Crippen LogP contribution is -1.99. The van der Waals surface area contributed by atoms with Gasteiger partial charge in [0.15, 0.2) is 0 Å². The number of nitrogens with one attached hydrogen (secondary N) is 3. The number of hydrogen-bond donors (Lipinski definition) is 3. The van der Waals surface area contributed by atoms with Crippen LogP contribution in [0.2, 0.25) is 0 Å². The summed E-state index contributed by atoms with van der Waals surface area (Å²) >= 11 is 0. The van der Waals surface area contributed by atoms with E-state index in [1.807, 2.05) is 44.2 Å². The Labute approximate surface area is 120 Å². The molecule has 3 N–H and O–H groups in total. The Hall–Kier alpha value is -2.89. The first-order valence-corrected chi connectivity index (χ1v) is 6.75. The third kappa shape index (κ3) is 2.01. The number of hydrogen-bond acceptors (Lipinski definition) is 4. The molecule has 0 saturated heterocycles. The molecule has 0 fully saturated rings. The number of benzene rings is 1. The van der Waals surface area contributed by atoms with Gasteiger partial charge in [0, 0.05) is 5.69 Å². The van der Waals surface area contributed by atoms with Crippen molar-refractivity contribution in [2.45, 2.75) is 13.8 Å². The van der Waals surface area contributed by atoms with Gasteiger partial charge in [0.2, 0.25) is 5.95 Å². The monoisotopic (exact) mass is 278 g/mol. The van der Waals surface area contributed by atoms with E-state index in [1.54, 1.807) is 0 Å². The summed E-state index contributed by atoms with van der Waals surface area (Å²) < 4.78 is 0. The van der Waals surface area contributed by atoms with E-state index >= 15 is 0 Å². The van der Waals surface area contributed by atoms with Crippen LogP contribution in [0.25, 0.3) is 22.1 Å². The molecule has 3 heterocycles. The van der Waals surface area contributed by atoms with Crippen molar-refractivity contribution in [1.82, 2.24) is 24.9 Å². The number of anilines is 2. The van der Waals surface area contributed by atoms with E-state index in [-0.39, 0.29) is 0 Å². The Balaban J connectivity index is 1.82. The number of fused-ring (bicyclic) bond motifs is 2. The van der Waals surface area contributed by atoms with Gasteiger partial charge < -0.3 is 15.3 Å². The lowest BCUT2D eigenvalue weighted by atomic mass is 10.3. The molecule has 0 aliphatic rings. The maximum atomic E-state index is 4.51. The molecule has 0 spiro atoms. The molecule has 3 aromatic heterocycles. The predicted molar refractivity (Wildman–Crippen MR) is 82.7 cm³/mol. The number of nitrogens with zero attached hydrogens (tertiary/aromatic N) is 3. The minimum Gasteiger partial charge on any atom is -0.343 e. The number of aromatic nitrogens is 5. The SMILES string of the molecule is Cc1nc(Nc2nc3ccccc3[nH]2)c2cc(C)[nH]c2n1. The molecule has 104 valence electrons. The van der Waals surface area contributed by atoms with Gasteiger partial charge in [-0.05, 0) is 32.0 Å². The van der Waals surface area contributed by atoms with Gasteiger partial charge in [-0.1, -0.05) is 12.1 Å². The molecule has 0 aliphatic carbocycles. The highest BCUT2D eigenvalue weighted by Crippen LogP contribution is 2.24. The van der Waals surface area contributed by atoms with Crippen molar-refractivity contribution in [2.24, 2.45) is 0 Å². The minimum absolute atomic E-state index is 0.675. The molecule has 4 aromatic rings. The number of aromatic amines is 2. The molecule has 6 heteroatoms. The molecular formula is C15H14N6. The molecule has 0 bridgehead atoms. The Morgan fingerprint density at radius 1 is 1.00 bits per heavy atom. The van der Waals surface area contributed by atoms with Gasteiger partial charge in [-0.2, -0.15) is 0 Å². The van der Waals surface area contributed by atoms with Crippen molar-refractivity contribution >= 4 is 33.8 Å². The van der Waals surface area contributed by atoms with Crippen LogP contribution in [0.4, 0.5) is 11.8 Å². The lowest BCUT2D eigenvalue weighted by molar-refractivity contribution is 1.07. The Bertz CT molecular complexity index is 916. The molecule has 1 aromatic carbocycles. The zero-order chi connectivity index (χ0) is 14.4. The summed E-state index contributed by atoms with van der Waals surface area (Å²) in [6, 6.07) is 9.94. The Kier molecular flexibility index (Phi) is 2.44. The van der Waals surface area contributed by atoms with Crippen LogP contribution in [0.3, 0.4) is 0 Å². The summed E-state index contributed by atoms with van der Waals surface area (Å²) in [7, 11) is 0. The number of para-hydroxylation sites is 2. The second-order valence-electron chi connectivity index (χ2n) is 5.06. The Morgan fingerprint density at radius 2 is 1.86 bits per heavy atom. The van der Waals surface area contributed by atoms with Crippen molar-refractivity contribution in [2.75, 3.05) is 5.32 Å². The fraction of sp³-hybridized carbons (Fsp3) is 0.133. The number of rotatable bonds is 2. The molecule has 0 amide bonds. The second kappa shape index (κ2) is 4.31. The van der Waals surface area contributed by atoms with E-state index in [2.05, 4.69) is 30.2 Å². The molecule has 21 heavy (non-hydrogen) atoms. The topological polar surface area (TPSA) is 82.3 Å². The van der Waals surface area contributed by atoms with Gasteiger partial charge in [-0.25, -0.2) is 15.0 Å². The molecule has 0 unspecified atom stereocenters. The number of aryl methyl sites for hydroxylation is 2. The van der Waals surface area contributed by atoms with Crippen molar-refractivity contribution in [3.8, 4) is 0 Å². The zero-order valence-electron chi connectivity index (χ0n) is 11.7. The van der Waals surface area contributed by atoms with Gasteiger partial charge >= 0.3 is 0 Å². The third-order valence-corrected chi connectivity index (χ3v) is 3.36. The van der Waals surface area contributed by atoms with E-state index in [1.165, 1.54) is 0 Å². The molecule has 0 atom stereocenters. The van der Waals surface area contributed by atoms with Gasteiger partial charge in [0.1, 0.15) is 17.3 Å². The fourth-order valence-corrected chi connectivity index (χ4v) is 2.47.